The maximum atomic E-state index is 13.0. The minimum absolute atomic E-state index is 0.0406. The molecule has 0 bridgehead atoms. The molecule has 16 rings (SSSR count). The van der Waals surface area contributed by atoms with Gasteiger partial charge in [-0.3, -0.25) is 14.6 Å². The Balaban J connectivity index is 0.000000128. The number of pyridine rings is 1. The molecule has 0 saturated carbocycles. The molecule has 15 nitrogen and oxygen atoms in total. The molecule has 584 valence electrons. The van der Waals surface area contributed by atoms with Crippen molar-refractivity contribution in [1.29, 1.82) is 0 Å². The fourth-order valence-electron chi connectivity index (χ4n) is 14.5. The molecule has 12 heterocycles. The topological polar surface area (TPSA) is 157 Å². The average Bonchev–Trinajstić information content (AvgIpc) is 1.59. The van der Waals surface area contributed by atoms with Gasteiger partial charge in [0.25, 0.3) is 11.8 Å². The minimum atomic E-state index is 0.0406. The summed E-state index contributed by atoms with van der Waals surface area (Å²) in [5.74, 6) is 0.614. The molecular formula is C85H102Cl5N13O2S5. The Morgan fingerprint density at radius 1 is 0.455 bits per heavy atom. The zero-order chi connectivity index (χ0) is 78.3. The number of likely N-dealkylation sites (tertiary alicyclic amines) is 1. The molecule has 2 N–H and O–H groups in total. The van der Waals surface area contributed by atoms with Crippen molar-refractivity contribution in [2.24, 2.45) is 27.1 Å². The number of nitrogen functional groups attached to an aromatic ring is 1. The number of hydrogen-bond acceptors (Lipinski definition) is 18. The minimum Gasteiger partial charge on any atom is -0.382 e. The molecule has 25 heteroatoms. The van der Waals surface area contributed by atoms with Gasteiger partial charge in [0, 0.05) is 128 Å². The van der Waals surface area contributed by atoms with Crippen LogP contribution in [0.4, 0.5) is 32.0 Å². The molecule has 110 heavy (non-hydrogen) atoms. The van der Waals surface area contributed by atoms with E-state index in [4.69, 9.17) is 68.7 Å². The predicted molar refractivity (Wildman–Crippen MR) is 471 cm³/mol. The first kappa shape index (κ1) is 83.0. The summed E-state index contributed by atoms with van der Waals surface area (Å²) in [7, 11) is 0. The van der Waals surface area contributed by atoms with Crippen LogP contribution in [0.25, 0.3) is 41.8 Å². The number of nitrogens with zero attached hydrogens (tertiary/aromatic N) is 12. The van der Waals surface area contributed by atoms with Crippen molar-refractivity contribution in [3.05, 3.63) is 174 Å². The Hall–Kier alpha value is -6.43. The number of aromatic nitrogens is 6. The summed E-state index contributed by atoms with van der Waals surface area (Å²) in [5, 5.41) is 8.11. The van der Waals surface area contributed by atoms with Gasteiger partial charge in [-0.1, -0.05) is 239 Å². The SMILES string of the molecule is CC1(C)CCN(C(=O)c2ncc(-c3ccccc3Cl)s2)CC1.CC1(C)CCN(c2nc(N)c(-c3cccc(Cl)c3Cl)s2)CC1.CCC1(C)CCN(c2nc(C)c(-c3ccccc3Cl)s2)C1.CCC1(C)CCN(c2ncc(-c3ccccc3Cl)s2)C1.CCC1(C)CCN(c2ncc(C(=O)N3CCCc4ncccc43)s2)C1. The molecule has 5 saturated heterocycles. The van der Waals surface area contributed by atoms with Gasteiger partial charge in [0.1, 0.15) is 10.7 Å². The number of thiazole rings is 5. The number of fused-ring (bicyclic) bond motifs is 1. The Labute approximate surface area is 695 Å². The summed E-state index contributed by atoms with van der Waals surface area (Å²) in [6.45, 7) is 36.0. The van der Waals surface area contributed by atoms with Gasteiger partial charge in [0.05, 0.1) is 52.8 Å². The van der Waals surface area contributed by atoms with Crippen molar-refractivity contribution < 1.29 is 9.59 Å². The molecule has 10 aromatic rings. The van der Waals surface area contributed by atoms with Gasteiger partial charge in [0.15, 0.2) is 25.5 Å². The van der Waals surface area contributed by atoms with Crippen molar-refractivity contribution in [3.8, 4) is 41.8 Å². The van der Waals surface area contributed by atoms with Crippen LogP contribution in [0.5, 0.6) is 0 Å². The highest BCUT2D eigenvalue weighted by Crippen LogP contribution is 2.47. The van der Waals surface area contributed by atoms with E-state index in [0.717, 1.165) is 187 Å². The number of piperidine rings is 2. The number of carbonyl (C=O) groups is 2. The van der Waals surface area contributed by atoms with E-state index < -0.39 is 0 Å². The summed E-state index contributed by atoms with van der Waals surface area (Å²) in [6.07, 6.45) is 20.9. The molecule has 3 unspecified atom stereocenters. The number of carbonyl (C=O) groups excluding carboxylic acids is 2. The van der Waals surface area contributed by atoms with Gasteiger partial charge in [0.2, 0.25) is 0 Å². The Morgan fingerprint density at radius 3 is 1.49 bits per heavy atom. The summed E-state index contributed by atoms with van der Waals surface area (Å²) in [4.78, 5) is 71.0. The molecule has 4 aromatic carbocycles. The standard InChI is InChI=1S/C19H24N4OS.C17H19ClN2OS.C17H21ClN2S.C16H19Cl2N3S.C16H19ClN2S/c1-3-19(2)8-11-22(13-19)18-21-12-16(25-18)17(24)23-10-5-6-14-15(23)7-4-9-20-14;1-17(2)7-9-20(10-8-17)16(21)15-19-11-14(22-15)12-5-3-4-6-13(12)18;1-4-17(3)9-10-20(11-17)16-19-12(2)15(21-16)13-7-5-6-8-14(13)18;1-16(2)6-8-21(9-7-16)15-20-14(19)13(22-15)10-4-3-5-11(17)12(10)18;1-3-16(2)8-9-19(11-16)15-18-10-14(20-15)12-6-4-5-7-13(12)17/h4,7,9,12H,3,5-6,8,10-11,13H2,1-2H3;3-6,11H,7-10H2,1-2H3;5-8H,4,9-11H2,1-3H3;3-5H,6-9,19H2,1-2H3;4-7,10H,3,8-9,11H2,1-2H3. The molecule has 2 amide bonds. The highest BCUT2D eigenvalue weighted by molar-refractivity contribution is 7.20. The molecule has 0 spiro atoms. The van der Waals surface area contributed by atoms with Crippen LogP contribution in [0, 0.1) is 34.0 Å². The van der Waals surface area contributed by atoms with Crippen LogP contribution in [-0.4, -0.2) is 119 Å². The lowest BCUT2D eigenvalue weighted by molar-refractivity contribution is 0.0629. The first-order valence-electron chi connectivity index (χ1n) is 38.4. The fraction of sp³-hybridized carbons (Fsp3) is 0.459. The Morgan fingerprint density at radius 2 is 0.927 bits per heavy atom. The first-order valence-corrected chi connectivity index (χ1v) is 44.4. The summed E-state index contributed by atoms with van der Waals surface area (Å²) < 4.78 is 0. The zero-order valence-corrected chi connectivity index (χ0v) is 72.9. The maximum Gasteiger partial charge on any atom is 0.282 e. The monoisotopic (exact) mass is 1670 g/mol. The van der Waals surface area contributed by atoms with E-state index in [2.05, 4.69) is 133 Å². The van der Waals surface area contributed by atoms with Gasteiger partial charge < -0.3 is 35.1 Å². The molecule has 6 aliphatic heterocycles. The third kappa shape index (κ3) is 20.0. The number of anilines is 6. The fourth-order valence-corrected chi connectivity index (χ4v) is 20.8. The van der Waals surface area contributed by atoms with Crippen molar-refractivity contribution in [2.75, 3.05) is 102 Å². The van der Waals surface area contributed by atoms with E-state index in [1.54, 1.807) is 58.7 Å². The second-order valence-electron chi connectivity index (χ2n) is 32.4. The van der Waals surface area contributed by atoms with Gasteiger partial charge >= 0.3 is 0 Å². The Kier molecular flexibility index (Phi) is 27.1. The number of nitrogens with two attached hydrogens (primary N) is 1. The summed E-state index contributed by atoms with van der Waals surface area (Å²) >= 11 is 39.2. The lowest BCUT2D eigenvalue weighted by Gasteiger charge is -2.36. The highest BCUT2D eigenvalue weighted by Gasteiger charge is 2.38. The van der Waals surface area contributed by atoms with E-state index in [1.807, 2.05) is 101 Å². The van der Waals surface area contributed by atoms with Crippen LogP contribution in [0.15, 0.2) is 128 Å². The van der Waals surface area contributed by atoms with E-state index in [1.165, 1.54) is 78.9 Å². The summed E-state index contributed by atoms with van der Waals surface area (Å²) in [6, 6.07) is 33.1. The van der Waals surface area contributed by atoms with Crippen molar-refractivity contribution in [2.45, 2.75) is 153 Å². The normalized spacial score (nSPS) is 20.5. The number of aryl methyl sites for hydroxylation is 2. The van der Waals surface area contributed by atoms with Gasteiger partial charge in [-0.15, -0.1) is 11.3 Å². The number of halogens is 5. The third-order valence-electron chi connectivity index (χ3n) is 22.9. The van der Waals surface area contributed by atoms with Gasteiger partial charge in [-0.25, -0.2) is 24.9 Å². The molecule has 0 aliphatic carbocycles. The van der Waals surface area contributed by atoms with Crippen LogP contribution in [0.2, 0.25) is 25.1 Å². The maximum absolute atomic E-state index is 13.0. The van der Waals surface area contributed by atoms with Crippen LogP contribution in [0.1, 0.15) is 171 Å². The van der Waals surface area contributed by atoms with Crippen LogP contribution < -0.4 is 30.2 Å². The molecule has 3 atom stereocenters. The van der Waals surface area contributed by atoms with Gasteiger partial charge in [-0.05, 0) is 147 Å². The lowest BCUT2D eigenvalue weighted by atomic mass is 9.83. The van der Waals surface area contributed by atoms with Crippen molar-refractivity contribution in [3.63, 3.8) is 0 Å². The second-order valence-corrected chi connectivity index (χ2v) is 39.4. The lowest BCUT2D eigenvalue weighted by Crippen LogP contribution is -2.41. The van der Waals surface area contributed by atoms with E-state index in [0.29, 0.717) is 53.0 Å². The van der Waals surface area contributed by atoms with Crippen LogP contribution >= 0.6 is 115 Å². The number of hydrogen-bond donors (Lipinski definition) is 1. The number of benzene rings is 4. The third-order valence-corrected chi connectivity index (χ3v) is 30.3. The van der Waals surface area contributed by atoms with E-state index in [-0.39, 0.29) is 11.8 Å². The van der Waals surface area contributed by atoms with E-state index in [9.17, 15) is 9.59 Å². The Bertz CT molecular complexity index is 4800. The first-order chi connectivity index (χ1) is 52.6. The van der Waals surface area contributed by atoms with Crippen LogP contribution in [0.3, 0.4) is 0 Å². The quantitative estimate of drug-likeness (QED) is 0.116. The molecular weight excluding hydrogens is 1570 g/mol. The number of amides is 2. The van der Waals surface area contributed by atoms with Crippen LogP contribution in [-0.2, 0) is 6.42 Å². The van der Waals surface area contributed by atoms with Gasteiger partial charge in [-0.2, -0.15) is 0 Å². The molecule has 6 aliphatic rings. The summed E-state index contributed by atoms with van der Waals surface area (Å²) in [5.41, 5.74) is 15.1. The highest BCUT2D eigenvalue weighted by atomic mass is 35.5. The smallest absolute Gasteiger partial charge is 0.282 e. The van der Waals surface area contributed by atoms with Crippen molar-refractivity contribution in [1.82, 2.24) is 34.8 Å². The average molecular weight is 1680 g/mol. The van der Waals surface area contributed by atoms with Crippen molar-refractivity contribution >= 4 is 159 Å². The van der Waals surface area contributed by atoms with E-state index >= 15 is 0 Å². The number of rotatable bonds is 13. The molecule has 6 aromatic heterocycles. The zero-order valence-electron chi connectivity index (χ0n) is 65.1. The molecule has 5 fully saturated rings. The predicted octanol–water partition coefficient (Wildman–Crippen LogP) is 24.3. The second kappa shape index (κ2) is 35.9. The molecule has 0 radical (unpaired) electrons. The largest absolute Gasteiger partial charge is 0.382 e.